The van der Waals surface area contributed by atoms with Gasteiger partial charge < -0.3 is 20.5 Å². The van der Waals surface area contributed by atoms with E-state index in [2.05, 4.69) is 10.6 Å². The molecular weight excluding hydrogens is 268 g/mol. The van der Waals surface area contributed by atoms with Gasteiger partial charge in [-0.05, 0) is 49.4 Å². The molecule has 1 aromatic rings. The maximum atomic E-state index is 12.0. The monoisotopic (exact) mass is 290 g/mol. The second kappa shape index (κ2) is 6.35. The first-order valence-electron chi connectivity index (χ1n) is 7.74. The second-order valence-electron chi connectivity index (χ2n) is 5.83. The first-order chi connectivity index (χ1) is 10.2. The van der Waals surface area contributed by atoms with Crippen LogP contribution in [-0.2, 0) is 6.42 Å². The summed E-state index contributed by atoms with van der Waals surface area (Å²) in [6.07, 6.45) is 5.25. The lowest BCUT2D eigenvalue weighted by Crippen LogP contribution is -2.46. The number of fused-ring (bicyclic) bond motifs is 1. The maximum absolute atomic E-state index is 12.0. The molecule has 114 valence electrons. The van der Waals surface area contributed by atoms with Crippen LogP contribution in [0.5, 0.6) is 5.75 Å². The van der Waals surface area contributed by atoms with Crippen LogP contribution in [0, 0.1) is 0 Å². The Balaban J connectivity index is 1.59. The molecule has 1 fully saturated rings. The zero-order valence-corrected chi connectivity index (χ0v) is 12.1. The van der Waals surface area contributed by atoms with Crippen LogP contribution in [0.1, 0.15) is 37.7 Å². The van der Waals surface area contributed by atoms with E-state index in [1.54, 1.807) is 0 Å². The molecule has 1 aromatic carbocycles. The summed E-state index contributed by atoms with van der Waals surface area (Å²) in [5.74, 6) is 0.912. The Bertz CT molecular complexity index is 518. The van der Waals surface area contributed by atoms with Crippen molar-refractivity contribution in [3.63, 3.8) is 0 Å². The topological polar surface area (TPSA) is 70.6 Å². The molecule has 3 N–H and O–H groups in total. The van der Waals surface area contributed by atoms with E-state index in [0.29, 0.717) is 0 Å². The molecule has 1 heterocycles. The minimum absolute atomic E-state index is 0.139. The molecule has 0 radical (unpaired) electrons. The Morgan fingerprint density at radius 3 is 2.95 bits per heavy atom. The molecule has 5 heteroatoms. The summed E-state index contributed by atoms with van der Waals surface area (Å²) in [6, 6.07) is 5.32. The molecule has 21 heavy (non-hydrogen) atoms. The Hall–Kier alpha value is -1.75. The van der Waals surface area contributed by atoms with Gasteiger partial charge in [0.1, 0.15) is 5.75 Å². The number of urea groups is 1. The lowest BCUT2D eigenvalue weighted by atomic mass is 9.93. The van der Waals surface area contributed by atoms with Crippen molar-refractivity contribution in [3.05, 3.63) is 23.8 Å². The van der Waals surface area contributed by atoms with Crippen molar-refractivity contribution in [2.24, 2.45) is 0 Å². The summed E-state index contributed by atoms with van der Waals surface area (Å²) in [6.45, 7) is 0.764. The van der Waals surface area contributed by atoms with E-state index >= 15 is 0 Å². The molecule has 0 unspecified atom stereocenters. The Kier molecular flexibility index (Phi) is 4.29. The molecule has 2 amide bonds. The van der Waals surface area contributed by atoms with E-state index in [9.17, 15) is 9.90 Å². The normalized spacial score (nSPS) is 24.6. The van der Waals surface area contributed by atoms with Gasteiger partial charge in [-0.25, -0.2) is 4.79 Å². The number of hydrogen-bond acceptors (Lipinski definition) is 3. The van der Waals surface area contributed by atoms with Gasteiger partial charge in [0.2, 0.25) is 0 Å². The standard InChI is InChI=1S/C16H22N2O3/c19-14-6-2-1-5-13(14)18-16(20)17-12-7-8-15-11(10-12)4-3-9-21-15/h7-8,10,13-14,19H,1-6,9H2,(H2,17,18,20)/t13-,14-/m0/s1. The number of anilines is 1. The van der Waals surface area contributed by atoms with Gasteiger partial charge in [0.25, 0.3) is 0 Å². The predicted molar refractivity (Wildman–Crippen MR) is 80.7 cm³/mol. The summed E-state index contributed by atoms with van der Waals surface area (Å²) < 4.78 is 5.56. The van der Waals surface area contributed by atoms with E-state index in [4.69, 9.17) is 4.74 Å². The van der Waals surface area contributed by atoms with Gasteiger partial charge in [0.15, 0.2) is 0 Å². The summed E-state index contributed by atoms with van der Waals surface area (Å²) in [5.41, 5.74) is 1.90. The zero-order valence-electron chi connectivity index (χ0n) is 12.1. The number of ether oxygens (including phenoxy) is 1. The SMILES string of the molecule is O=C(Nc1ccc2c(c1)CCCO2)N[C@H]1CCCC[C@@H]1O. The molecule has 1 aliphatic heterocycles. The van der Waals surface area contributed by atoms with Crippen molar-refractivity contribution in [2.75, 3.05) is 11.9 Å². The molecule has 2 atom stereocenters. The fourth-order valence-electron chi connectivity index (χ4n) is 3.05. The quantitative estimate of drug-likeness (QED) is 0.783. The van der Waals surface area contributed by atoms with E-state index in [1.807, 2.05) is 18.2 Å². The molecule has 1 aliphatic carbocycles. The van der Waals surface area contributed by atoms with Crippen LogP contribution in [0.3, 0.4) is 0 Å². The summed E-state index contributed by atoms with van der Waals surface area (Å²) in [7, 11) is 0. The number of rotatable bonds is 2. The maximum Gasteiger partial charge on any atom is 0.319 e. The molecule has 2 aliphatic rings. The van der Waals surface area contributed by atoms with Gasteiger partial charge in [-0.3, -0.25) is 0 Å². The number of nitrogens with one attached hydrogen (secondary N) is 2. The first kappa shape index (κ1) is 14.2. The minimum Gasteiger partial charge on any atom is -0.493 e. The van der Waals surface area contributed by atoms with Gasteiger partial charge in [0.05, 0.1) is 18.8 Å². The third kappa shape index (κ3) is 3.47. The van der Waals surface area contributed by atoms with Crippen LogP contribution in [0.25, 0.3) is 0 Å². The molecule has 5 nitrogen and oxygen atoms in total. The summed E-state index contributed by atoms with van der Waals surface area (Å²) in [4.78, 5) is 12.0. The van der Waals surface area contributed by atoms with Crippen LogP contribution in [0.15, 0.2) is 18.2 Å². The van der Waals surface area contributed by atoms with Gasteiger partial charge in [-0.1, -0.05) is 12.8 Å². The van der Waals surface area contributed by atoms with E-state index in [-0.39, 0.29) is 12.1 Å². The highest BCUT2D eigenvalue weighted by Crippen LogP contribution is 2.27. The third-order valence-corrected chi connectivity index (χ3v) is 4.21. The van der Waals surface area contributed by atoms with Crippen molar-refractivity contribution < 1.29 is 14.6 Å². The number of benzene rings is 1. The smallest absolute Gasteiger partial charge is 0.319 e. The van der Waals surface area contributed by atoms with Crippen molar-refractivity contribution in [2.45, 2.75) is 50.7 Å². The Labute approximate surface area is 124 Å². The molecule has 1 saturated carbocycles. The lowest BCUT2D eigenvalue weighted by molar-refractivity contribution is 0.0955. The summed E-state index contributed by atoms with van der Waals surface area (Å²) >= 11 is 0. The average molecular weight is 290 g/mol. The van der Waals surface area contributed by atoms with Gasteiger partial charge >= 0.3 is 6.03 Å². The van der Waals surface area contributed by atoms with Gasteiger partial charge in [-0.2, -0.15) is 0 Å². The first-order valence-corrected chi connectivity index (χ1v) is 7.74. The van der Waals surface area contributed by atoms with Gasteiger partial charge in [0, 0.05) is 5.69 Å². The molecule has 0 saturated heterocycles. The molecule has 3 rings (SSSR count). The highest BCUT2D eigenvalue weighted by atomic mass is 16.5. The zero-order chi connectivity index (χ0) is 14.7. The van der Waals surface area contributed by atoms with Crippen LogP contribution in [-0.4, -0.2) is 29.9 Å². The highest BCUT2D eigenvalue weighted by Gasteiger charge is 2.24. The number of aryl methyl sites for hydroxylation is 1. The molecule has 0 bridgehead atoms. The second-order valence-corrected chi connectivity index (χ2v) is 5.83. The van der Waals surface area contributed by atoms with E-state index in [0.717, 1.165) is 62.1 Å². The molecule has 0 aromatic heterocycles. The number of hydrogen-bond donors (Lipinski definition) is 3. The van der Waals surface area contributed by atoms with Crippen LogP contribution >= 0.6 is 0 Å². The van der Waals surface area contributed by atoms with Crippen molar-refractivity contribution >= 4 is 11.7 Å². The predicted octanol–water partition coefficient (Wildman–Crippen LogP) is 2.44. The fraction of sp³-hybridized carbons (Fsp3) is 0.562. The van der Waals surface area contributed by atoms with E-state index in [1.165, 1.54) is 0 Å². The third-order valence-electron chi connectivity index (χ3n) is 4.21. The lowest BCUT2D eigenvalue weighted by Gasteiger charge is -2.28. The number of aliphatic hydroxyl groups is 1. The van der Waals surface area contributed by atoms with Crippen molar-refractivity contribution in [3.8, 4) is 5.75 Å². The Morgan fingerprint density at radius 1 is 1.24 bits per heavy atom. The van der Waals surface area contributed by atoms with Crippen LogP contribution in [0.2, 0.25) is 0 Å². The largest absolute Gasteiger partial charge is 0.493 e. The average Bonchev–Trinajstić information content (AvgIpc) is 2.49. The number of aliphatic hydroxyl groups excluding tert-OH is 1. The van der Waals surface area contributed by atoms with Crippen molar-refractivity contribution in [1.29, 1.82) is 0 Å². The van der Waals surface area contributed by atoms with Gasteiger partial charge in [-0.15, -0.1) is 0 Å². The van der Waals surface area contributed by atoms with Crippen molar-refractivity contribution in [1.82, 2.24) is 5.32 Å². The van der Waals surface area contributed by atoms with Crippen LogP contribution in [0.4, 0.5) is 10.5 Å². The van der Waals surface area contributed by atoms with E-state index < -0.39 is 6.10 Å². The highest BCUT2D eigenvalue weighted by molar-refractivity contribution is 5.89. The Morgan fingerprint density at radius 2 is 2.10 bits per heavy atom. The minimum atomic E-state index is -0.429. The molecular formula is C16H22N2O3. The number of amides is 2. The number of carbonyl (C=O) groups excluding carboxylic acids is 1. The van der Waals surface area contributed by atoms with Crippen LogP contribution < -0.4 is 15.4 Å². The summed E-state index contributed by atoms with van der Waals surface area (Å²) in [5, 5.41) is 15.6. The number of carbonyl (C=O) groups is 1. The fourth-order valence-corrected chi connectivity index (χ4v) is 3.05. The molecule has 0 spiro atoms.